The number of amides is 1. The van der Waals surface area contributed by atoms with Crippen molar-refractivity contribution < 1.29 is 4.79 Å². The lowest BCUT2D eigenvalue weighted by atomic mass is 10.0. The Morgan fingerprint density at radius 2 is 1.86 bits per heavy atom. The number of nitrogens with zero attached hydrogens (tertiary/aromatic N) is 1. The minimum atomic E-state index is -0.379. The molecule has 0 aromatic heterocycles. The second-order valence-electron chi connectivity index (χ2n) is 5.39. The van der Waals surface area contributed by atoms with Crippen LogP contribution in [-0.4, -0.2) is 25.0 Å². The Morgan fingerprint density at radius 3 is 2.48 bits per heavy atom. The van der Waals surface area contributed by atoms with Crippen molar-refractivity contribution in [1.82, 2.24) is 0 Å². The molecule has 1 aromatic carbocycles. The molecule has 0 saturated carbocycles. The molecule has 1 heterocycles. The molecule has 1 amide bonds. The van der Waals surface area contributed by atoms with Crippen LogP contribution in [0.4, 0.5) is 11.4 Å². The number of piperidine rings is 1. The van der Waals surface area contributed by atoms with Gasteiger partial charge in [0, 0.05) is 24.8 Å². The molecule has 0 radical (unpaired) electrons. The van der Waals surface area contributed by atoms with Gasteiger partial charge in [-0.1, -0.05) is 12.1 Å². The lowest BCUT2D eigenvalue weighted by molar-refractivity contribution is -0.113. The summed E-state index contributed by atoms with van der Waals surface area (Å²) in [5, 5.41) is 2.83. The Balaban J connectivity index is 2.18. The summed E-state index contributed by atoms with van der Waals surface area (Å²) in [5.41, 5.74) is 19.2. The molecule has 0 bridgehead atoms. The molecule has 0 spiro atoms. The number of para-hydroxylation sites is 2. The highest BCUT2D eigenvalue weighted by molar-refractivity contribution is 6.05. The van der Waals surface area contributed by atoms with Crippen molar-refractivity contribution in [2.45, 2.75) is 25.8 Å². The van der Waals surface area contributed by atoms with Crippen LogP contribution in [0.2, 0.25) is 0 Å². The lowest BCUT2D eigenvalue weighted by Crippen LogP contribution is -2.40. The van der Waals surface area contributed by atoms with Gasteiger partial charge < -0.3 is 27.4 Å². The molecule has 7 N–H and O–H groups in total. The van der Waals surface area contributed by atoms with Gasteiger partial charge >= 0.3 is 0 Å². The molecule has 2 rings (SSSR count). The summed E-state index contributed by atoms with van der Waals surface area (Å²) >= 11 is 0. The quantitative estimate of drug-likeness (QED) is 0.612. The van der Waals surface area contributed by atoms with Crippen molar-refractivity contribution >= 4 is 17.3 Å². The minimum absolute atomic E-state index is 0.0467. The lowest BCUT2D eigenvalue weighted by Gasteiger charge is -2.33. The first kappa shape index (κ1) is 15.2. The Labute approximate surface area is 125 Å². The monoisotopic (exact) mass is 289 g/mol. The van der Waals surface area contributed by atoms with E-state index in [2.05, 4.69) is 10.2 Å². The normalized spacial score (nSPS) is 17.3. The molecular weight excluding hydrogens is 266 g/mol. The zero-order chi connectivity index (χ0) is 15.4. The fraction of sp³-hybridized carbons (Fsp3) is 0.400. The number of benzene rings is 1. The zero-order valence-electron chi connectivity index (χ0n) is 12.3. The molecule has 6 heteroatoms. The first-order chi connectivity index (χ1) is 9.99. The van der Waals surface area contributed by atoms with E-state index in [1.54, 1.807) is 6.92 Å². The van der Waals surface area contributed by atoms with Gasteiger partial charge in [-0.25, -0.2) is 0 Å². The van der Waals surface area contributed by atoms with Crippen LogP contribution in [-0.2, 0) is 4.79 Å². The van der Waals surface area contributed by atoms with Crippen LogP contribution in [0.25, 0.3) is 0 Å². The van der Waals surface area contributed by atoms with E-state index in [1.807, 2.05) is 24.3 Å². The smallest absolute Gasteiger partial charge is 0.273 e. The van der Waals surface area contributed by atoms with E-state index >= 15 is 0 Å². The third kappa shape index (κ3) is 3.66. The van der Waals surface area contributed by atoms with Crippen molar-refractivity contribution in [3.63, 3.8) is 0 Å². The summed E-state index contributed by atoms with van der Waals surface area (Å²) in [6, 6.07) is 7.95. The van der Waals surface area contributed by atoms with E-state index in [4.69, 9.17) is 17.2 Å². The predicted molar refractivity (Wildman–Crippen MR) is 85.6 cm³/mol. The average Bonchev–Trinajstić information content (AvgIpc) is 2.48. The van der Waals surface area contributed by atoms with Crippen molar-refractivity contribution in [3.8, 4) is 0 Å². The second-order valence-corrected chi connectivity index (χ2v) is 5.39. The van der Waals surface area contributed by atoms with E-state index in [-0.39, 0.29) is 17.6 Å². The van der Waals surface area contributed by atoms with Crippen molar-refractivity contribution in [2.24, 2.45) is 17.2 Å². The Kier molecular flexibility index (Phi) is 4.70. The Morgan fingerprint density at radius 1 is 1.24 bits per heavy atom. The number of carbonyl (C=O) groups excluding carboxylic acids is 1. The summed E-state index contributed by atoms with van der Waals surface area (Å²) in [6.07, 6.45) is 1.90. The molecule has 1 aliphatic heterocycles. The fourth-order valence-corrected chi connectivity index (χ4v) is 2.36. The fourth-order valence-electron chi connectivity index (χ4n) is 2.36. The number of allylic oxidation sites excluding steroid dienone is 1. The largest absolute Gasteiger partial charge is 0.400 e. The van der Waals surface area contributed by atoms with E-state index in [1.165, 1.54) is 0 Å². The maximum atomic E-state index is 12.0. The molecule has 6 nitrogen and oxygen atoms in total. The van der Waals surface area contributed by atoms with Crippen LogP contribution < -0.4 is 27.4 Å². The zero-order valence-corrected chi connectivity index (χ0v) is 12.3. The molecule has 0 atom stereocenters. The van der Waals surface area contributed by atoms with Gasteiger partial charge in [-0.15, -0.1) is 0 Å². The Bertz CT molecular complexity index is 543. The van der Waals surface area contributed by atoms with Gasteiger partial charge in [0.05, 0.1) is 11.4 Å². The standard InChI is InChI=1S/C15H23N5O/c1-10(16)14(18)15(21)19-12-4-2-3-5-13(12)20-8-6-11(17)7-9-20/h2-5,11H,6-9,16-18H2,1H3,(H,19,21)/b14-10+. The SMILES string of the molecule is C/C(N)=C(\N)C(=O)Nc1ccccc1N1CCC(N)CC1. The summed E-state index contributed by atoms with van der Waals surface area (Å²) in [5.74, 6) is -0.379. The number of hydrogen-bond donors (Lipinski definition) is 4. The number of hydrogen-bond acceptors (Lipinski definition) is 5. The van der Waals surface area contributed by atoms with Crippen LogP contribution in [0.1, 0.15) is 19.8 Å². The van der Waals surface area contributed by atoms with Crippen molar-refractivity contribution in [1.29, 1.82) is 0 Å². The molecule has 114 valence electrons. The molecule has 1 aliphatic rings. The van der Waals surface area contributed by atoms with E-state index in [9.17, 15) is 4.79 Å². The average molecular weight is 289 g/mol. The molecule has 0 unspecified atom stereocenters. The highest BCUT2D eigenvalue weighted by Gasteiger charge is 2.19. The molecule has 1 fully saturated rings. The Hall–Kier alpha value is -2.21. The van der Waals surface area contributed by atoms with Crippen LogP contribution in [0.3, 0.4) is 0 Å². The van der Waals surface area contributed by atoms with Crippen LogP contribution in [0.5, 0.6) is 0 Å². The minimum Gasteiger partial charge on any atom is -0.400 e. The van der Waals surface area contributed by atoms with Gasteiger partial charge in [-0.2, -0.15) is 0 Å². The summed E-state index contributed by atoms with van der Waals surface area (Å²) in [7, 11) is 0. The number of nitrogens with two attached hydrogens (primary N) is 3. The molecule has 1 aromatic rings. The summed E-state index contributed by atoms with van der Waals surface area (Å²) < 4.78 is 0. The van der Waals surface area contributed by atoms with Crippen LogP contribution >= 0.6 is 0 Å². The van der Waals surface area contributed by atoms with E-state index in [0.717, 1.165) is 37.3 Å². The first-order valence-electron chi connectivity index (χ1n) is 7.11. The van der Waals surface area contributed by atoms with Gasteiger partial charge in [0.1, 0.15) is 5.70 Å². The van der Waals surface area contributed by atoms with E-state index in [0.29, 0.717) is 5.70 Å². The third-order valence-electron chi connectivity index (χ3n) is 3.70. The maximum Gasteiger partial charge on any atom is 0.273 e. The molecule has 1 saturated heterocycles. The summed E-state index contributed by atoms with van der Waals surface area (Å²) in [6.45, 7) is 3.37. The van der Waals surface area contributed by atoms with Gasteiger partial charge in [0.2, 0.25) is 0 Å². The molecule has 21 heavy (non-hydrogen) atoms. The number of nitrogens with one attached hydrogen (secondary N) is 1. The van der Waals surface area contributed by atoms with Gasteiger partial charge in [0.25, 0.3) is 5.91 Å². The van der Waals surface area contributed by atoms with Gasteiger partial charge in [-0.3, -0.25) is 4.79 Å². The highest BCUT2D eigenvalue weighted by atomic mass is 16.2. The third-order valence-corrected chi connectivity index (χ3v) is 3.70. The van der Waals surface area contributed by atoms with E-state index < -0.39 is 0 Å². The number of anilines is 2. The summed E-state index contributed by atoms with van der Waals surface area (Å²) in [4.78, 5) is 14.3. The predicted octanol–water partition coefficient (Wildman–Crippen LogP) is 0.702. The second kappa shape index (κ2) is 6.49. The van der Waals surface area contributed by atoms with Gasteiger partial charge in [0.15, 0.2) is 0 Å². The van der Waals surface area contributed by atoms with Crippen molar-refractivity contribution in [2.75, 3.05) is 23.3 Å². The van der Waals surface area contributed by atoms with Gasteiger partial charge in [-0.05, 0) is 31.9 Å². The highest BCUT2D eigenvalue weighted by Crippen LogP contribution is 2.28. The number of rotatable bonds is 3. The number of carbonyl (C=O) groups is 1. The molecule has 0 aliphatic carbocycles. The first-order valence-corrected chi connectivity index (χ1v) is 7.11. The maximum absolute atomic E-state index is 12.0. The molecular formula is C15H23N5O. The topological polar surface area (TPSA) is 110 Å². The van der Waals surface area contributed by atoms with Crippen molar-refractivity contribution in [3.05, 3.63) is 35.7 Å². The van der Waals surface area contributed by atoms with Crippen LogP contribution in [0.15, 0.2) is 35.7 Å². The van der Waals surface area contributed by atoms with Crippen LogP contribution in [0, 0.1) is 0 Å².